The molecule has 0 bridgehead atoms. The number of benzene rings is 1. The maximum Gasteiger partial charge on any atom is 0.192 e. The van der Waals surface area contributed by atoms with Gasteiger partial charge in [-0.2, -0.15) is 0 Å². The molecule has 15 heavy (non-hydrogen) atoms. The van der Waals surface area contributed by atoms with Crippen LogP contribution in [0.2, 0.25) is 0 Å². The van der Waals surface area contributed by atoms with Crippen LogP contribution in [0.4, 0.5) is 0 Å². The number of nitrogens with one attached hydrogen (secondary N) is 1. The summed E-state index contributed by atoms with van der Waals surface area (Å²) in [5.74, 6) is 1.23. The Kier molecular flexibility index (Phi) is 2.93. The Morgan fingerprint density at radius 1 is 1.53 bits per heavy atom. The average molecular weight is 225 g/mol. The predicted octanol–water partition coefficient (Wildman–Crippen LogP) is 2.64. The number of aryl methyl sites for hydroxylation is 1. The minimum Gasteiger partial charge on any atom is -0.441 e. The van der Waals surface area contributed by atoms with Gasteiger partial charge in [-0.15, -0.1) is 11.6 Å². The van der Waals surface area contributed by atoms with Gasteiger partial charge in [0.15, 0.2) is 11.5 Å². The molecule has 0 amide bonds. The van der Waals surface area contributed by atoms with Crippen LogP contribution in [0.1, 0.15) is 17.5 Å². The first-order valence-electron chi connectivity index (χ1n) is 4.85. The lowest BCUT2D eigenvalue weighted by Crippen LogP contribution is -2.17. The fourth-order valence-corrected chi connectivity index (χ4v) is 1.94. The molecule has 0 fully saturated rings. The topological polar surface area (TPSA) is 38.1 Å². The maximum absolute atomic E-state index is 5.85. The fourth-order valence-electron chi connectivity index (χ4n) is 1.61. The van der Waals surface area contributed by atoms with Gasteiger partial charge < -0.3 is 9.73 Å². The molecule has 0 aliphatic rings. The average Bonchev–Trinajstić information content (AvgIpc) is 2.59. The largest absolute Gasteiger partial charge is 0.441 e. The number of hydrogen-bond donors (Lipinski definition) is 1. The van der Waals surface area contributed by atoms with Crippen molar-refractivity contribution in [3.63, 3.8) is 0 Å². The van der Waals surface area contributed by atoms with Crippen LogP contribution < -0.4 is 5.32 Å². The number of oxazole rings is 1. The van der Waals surface area contributed by atoms with Crippen LogP contribution in [0.3, 0.4) is 0 Å². The van der Waals surface area contributed by atoms with E-state index in [9.17, 15) is 0 Å². The number of rotatable bonds is 3. The molecule has 0 saturated carbocycles. The van der Waals surface area contributed by atoms with E-state index in [-0.39, 0.29) is 6.04 Å². The van der Waals surface area contributed by atoms with E-state index in [1.807, 2.05) is 32.2 Å². The first kappa shape index (κ1) is 10.5. The molecule has 1 aromatic heterocycles. The molecular formula is C11H13ClN2O. The van der Waals surface area contributed by atoms with Crippen molar-refractivity contribution < 1.29 is 4.42 Å². The predicted molar refractivity (Wildman–Crippen MR) is 61.3 cm³/mol. The highest BCUT2D eigenvalue weighted by atomic mass is 35.5. The minimum atomic E-state index is 0.160. The van der Waals surface area contributed by atoms with Crippen molar-refractivity contribution >= 4 is 22.7 Å². The fraction of sp³-hybridized carbons (Fsp3) is 0.364. The lowest BCUT2D eigenvalue weighted by molar-refractivity contribution is 0.561. The van der Waals surface area contributed by atoms with Crippen molar-refractivity contribution in [1.29, 1.82) is 0 Å². The van der Waals surface area contributed by atoms with Crippen LogP contribution in [0.15, 0.2) is 22.6 Å². The molecule has 80 valence electrons. The van der Waals surface area contributed by atoms with Crippen LogP contribution in [0, 0.1) is 6.92 Å². The number of alkyl halides is 1. The number of nitrogens with zero attached hydrogens (tertiary/aromatic N) is 1. The third-order valence-corrected chi connectivity index (χ3v) is 2.73. The zero-order valence-electron chi connectivity index (χ0n) is 8.75. The molecule has 1 atom stereocenters. The molecule has 2 rings (SSSR count). The van der Waals surface area contributed by atoms with Crippen LogP contribution in [-0.2, 0) is 0 Å². The van der Waals surface area contributed by atoms with Gasteiger partial charge >= 0.3 is 0 Å². The van der Waals surface area contributed by atoms with Gasteiger partial charge in [0.25, 0.3) is 0 Å². The van der Waals surface area contributed by atoms with Crippen LogP contribution in [0.25, 0.3) is 11.1 Å². The van der Waals surface area contributed by atoms with Gasteiger partial charge in [0.1, 0.15) is 5.52 Å². The summed E-state index contributed by atoms with van der Waals surface area (Å²) in [4.78, 5) is 4.29. The first-order chi connectivity index (χ1) is 7.24. The van der Waals surface area contributed by atoms with Gasteiger partial charge in [-0.05, 0) is 24.7 Å². The smallest absolute Gasteiger partial charge is 0.192 e. The van der Waals surface area contributed by atoms with Crippen molar-refractivity contribution in [2.24, 2.45) is 0 Å². The summed E-state index contributed by atoms with van der Waals surface area (Å²) in [5.41, 5.74) is 2.84. The molecule has 0 aliphatic heterocycles. The third kappa shape index (κ3) is 1.98. The summed E-state index contributed by atoms with van der Waals surface area (Å²) < 4.78 is 5.41. The zero-order valence-corrected chi connectivity index (χ0v) is 9.51. The molecule has 0 radical (unpaired) electrons. The second-order valence-corrected chi connectivity index (χ2v) is 3.76. The van der Waals surface area contributed by atoms with Gasteiger partial charge in [0.2, 0.25) is 0 Å². The summed E-state index contributed by atoms with van der Waals surface area (Å²) in [6, 6.07) is 6.11. The van der Waals surface area contributed by atoms with E-state index in [4.69, 9.17) is 16.0 Å². The van der Waals surface area contributed by atoms with Crippen LogP contribution in [-0.4, -0.2) is 17.9 Å². The third-order valence-electron chi connectivity index (χ3n) is 2.42. The Morgan fingerprint density at radius 3 is 3.00 bits per heavy atom. The van der Waals surface area contributed by atoms with E-state index in [1.54, 1.807) is 0 Å². The molecule has 1 unspecified atom stereocenters. The van der Waals surface area contributed by atoms with E-state index in [0.717, 1.165) is 16.7 Å². The Labute approximate surface area is 93.4 Å². The van der Waals surface area contributed by atoms with E-state index in [1.165, 1.54) is 0 Å². The second kappa shape index (κ2) is 4.21. The summed E-state index contributed by atoms with van der Waals surface area (Å²) >= 11 is 5.85. The summed E-state index contributed by atoms with van der Waals surface area (Å²) in [7, 11) is 1.89. The monoisotopic (exact) mass is 224 g/mol. The first-order valence-corrected chi connectivity index (χ1v) is 5.38. The Balaban J connectivity index is 2.45. The standard InChI is InChI=1S/C11H13ClN2O/c1-7-14-9-5-8(10(6-12)13-2)3-4-11(9)15-7/h3-5,10,13H,6H2,1-2H3. The quantitative estimate of drug-likeness (QED) is 0.815. The molecule has 1 N–H and O–H groups in total. The number of halogens is 1. The molecule has 1 heterocycles. The highest BCUT2D eigenvalue weighted by Crippen LogP contribution is 2.21. The van der Waals surface area contributed by atoms with Crippen molar-refractivity contribution in [2.45, 2.75) is 13.0 Å². The lowest BCUT2D eigenvalue weighted by atomic mass is 10.1. The highest BCUT2D eigenvalue weighted by Gasteiger charge is 2.10. The molecule has 4 heteroatoms. The van der Waals surface area contributed by atoms with Crippen molar-refractivity contribution in [1.82, 2.24) is 10.3 Å². The molecule has 1 aromatic carbocycles. The highest BCUT2D eigenvalue weighted by molar-refractivity contribution is 6.18. The molecule has 0 saturated heterocycles. The van der Waals surface area contributed by atoms with Gasteiger partial charge in [0.05, 0.1) is 0 Å². The summed E-state index contributed by atoms with van der Waals surface area (Å²) in [6.07, 6.45) is 0. The van der Waals surface area contributed by atoms with Gasteiger partial charge in [-0.1, -0.05) is 6.07 Å². The van der Waals surface area contributed by atoms with Gasteiger partial charge in [0, 0.05) is 18.8 Å². The number of aromatic nitrogens is 1. The van der Waals surface area contributed by atoms with E-state index in [0.29, 0.717) is 11.8 Å². The Hall–Kier alpha value is -1.06. The molecular weight excluding hydrogens is 212 g/mol. The van der Waals surface area contributed by atoms with Crippen LogP contribution >= 0.6 is 11.6 Å². The number of fused-ring (bicyclic) bond motifs is 1. The SMILES string of the molecule is CNC(CCl)c1ccc2oc(C)nc2c1. The summed E-state index contributed by atoms with van der Waals surface area (Å²) in [6.45, 7) is 1.84. The summed E-state index contributed by atoms with van der Waals surface area (Å²) in [5, 5.41) is 3.15. The van der Waals surface area contributed by atoms with Gasteiger partial charge in [-0.3, -0.25) is 0 Å². The van der Waals surface area contributed by atoms with Crippen molar-refractivity contribution in [3.8, 4) is 0 Å². The molecule has 0 spiro atoms. The Morgan fingerprint density at radius 2 is 2.33 bits per heavy atom. The maximum atomic E-state index is 5.85. The second-order valence-electron chi connectivity index (χ2n) is 3.46. The van der Waals surface area contributed by atoms with E-state index >= 15 is 0 Å². The molecule has 0 aliphatic carbocycles. The number of hydrogen-bond acceptors (Lipinski definition) is 3. The normalized spacial score (nSPS) is 13.3. The molecule has 2 aromatic rings. The van der Waals surface area contributed by atoms with Crippen molar-refractivity contribution in [3.05, 3.63) is 29.7 Å². The Bertz CT molecular complexity index is 463. The minimum absolute atomic E-state index is 0.160. The van der Waals surface area contributed by atoms with Gasteiger partial charge in [-0.25, -0.2) is 4.98 Å². The van der Waals surface area contributed by atoms with Crippen molar-refractivity contribution in [2.75, 3.05) is 12.9 Å². The van der Waals surface area contributed by atoms with Crippen LogP contribution in [0.5, 0.6) is 0 Å². The zero-order chi connectivity index (χ0) is 10.8. The molecule has 3 nitrogen and oxygen atoms in total. The van der Waals surface area contributed by atoms with E-state index in [2.05, 4.69) is 10.3 Å². The van der Waals surface area contributed by atoms with E-state index < -0.39 is 0 Å². The lowest BCUT2D eigenvalue weighted by Gasteiger charge is -2.12.